The number of aliphatic hydroxyl groups is 1. The zero-order valence-electron chi connectivity index (χ0n) is 21.1. The lowest BCUT2D eigenvalue weighted by molar-refractivity contribution is -0.114. The summed E-state index contributed by atoms with van der Waals surface area (Å²) < 4.78 is 20.0. The quantitative estimate of drug-likeness (QED) is 0.241. The molecule has 0 radical (unpaired) electrons. The van der Waals surface area contributed by atoms with Crippen LogP contribution in [0.4, 0.5) is 15.8 Å². The van der Waals surface area contributed by atoms with E-state index in [2.05, 4.69) is 15.6 Å². The molecule has 1 aromatic rings. The van der Waals surface area contributed by atoms with Crippen molar-refractivity contribution in [1.82, 2.24) is 10.2 Å². The van der Waals surface area contributed by atoms with Crippen LogP contribution in [0.3, 0.4) is 0 Å². The molecule has 3 amide bonds. The minimum absolute atomic E-state index is 0.0542. The third kappa shape index (κ3) is 5.58. The van der Waals surface area contributed by atoms with E-state index in [0.29, 0.717) is 48.8 Å². The lowest BCUT2D eigenvalue weighted by atomic mass is 10.0. The Labute approximate surface area is 218 Å². The molecule has 0 aromatic heterocycles. The van der Waals surface area contributed by atoms with Gasteiger partial charge in [0.25, 0.3) is 17.7 Å². The maximum Gasteiger partial charge on any atom is 0.261 e. The van der Waals surface area contributed by atoms with Gasteiger partial charge in [0.15, 0.2) is 0 Å². The topological polar surface area (TPSA) is 173 Å². The highest BCUT2D eigenvalue weighted by Gasteiger charge is 2.36. The molecule has 3 aliphatic heterocycles. The second kappa shape index (κ2) is 10.7. The Morgan fingerprint density at radius 2 is 2.08 bits per heavy atom. The van der Waals surface area contributed by atoms with Crippen LogP contribution in [0.2, 0.25) is 0 Å². The van der Waals surface area contributed by atoms with Gasteiger partial charge in [0.2, 0.25) is 0 Å². The van der Waals surface area contributed by atoms with Crippen LogP contribution in [0.15, 0.2) is 40.3 Å². The van der Waals surface area contributed by atoms with Gasteiger partial charge in [-0.2, -0.15) is 0 Å². The van der Waals surface area contributed by atoms with Crippen molar-refractivity contribution in [2.75, 3.05) is 43.1 Å². The van der Waals surface area contributed by atoms with Gasteiger partial charge in [-0.05, 0) is 31.5 Å². The third-order valence-corrected chi connectivity index (χ3v) is 6.47. The van der Waals surface area contributed by atoms with E-state index >= 15 is 0 Å². The highest BCUT2D eigenvalue weighted by atomic mass is 19.1. The number of primary amides is 1. The van der Waals surface area contributed by atoms with Gasteiger partial charge >= 0.3 is 0 Å². The number of hydrogen-bond donors (Lipinski definition) is 5. The van der Waals surface area contributed by atoms with Crippen molar-refractivity contribution in [2.24, 2.45) is 10.7 Å². The number of ether oxygens (including phenoxy) is 1. The number of anilines is 2. The molecule has 13 heteroatoms. The lowest BCUT2D eigenvalue weighted by Crippen LogP contribution is -2.42. The second-order valence-electron chi connectivity index (χ2n) is 9.66. The Morgan fingerprint density at radius 3 is 2.66 bits per heavy atom. The fourth-order valence-electron chi connectivity index (χ4n) is 4.21. The number of rotatable bonds is 8. The predicted octanol–water partition coefficient (Wildman–Crippen LogP) is 0.431. The van der Waals surface area contributed by atoms with Crippen molar-refractivity contribution in [3.05, 3.63) is 46.4 Å². The summed E-state index contributed by atoms with van der Waals surface area (Å²) in [7, 11) is 0. The minimum atomic E-state index is -1.65. The number of alkyl halides is 1. The second-order valence-corrected chi connectivity index (χ2v) is 9.66. The SMILES string of the molecule is CC(C)(O)[C@H](F)CN1Cc2cc(NC(=O)/C(C=N)=C3\N=CC(C(N)=O)=CN3)c(N3CCOCC3)cc2C1=O. The van der Waals surface area contributed by atoms with Crippen molar-refractivity contribution in [2.45, 2.75) is 32.2 Å². The Bertz CT molecular complexity index is 1260. The Balaban J connectivity index is 1.64. The summed E-state index contributed by atoms with van der Waals surface area (Å²) >= 11 is 0. The molecule has 1 aromatic carbocycles. The average molecular weight is 528 g/mol. The van der Waals surface area contributed by atoms with Crippen LogP contribution < -0.4 is 21.3 Å². The Hall–Kier alpha value is -4.10. The lowest BCUT2D eigenvalue weighted by Gasteiger charge is -2.31. The average Bonchev–Trinajstić information content (AvgIpc) is 3.18. The van der Waals surface area contributed by atoms with Crippen molar-refractivity contribution < 1.29 is 28.6 Å². The van der Waals surface area contributed by atoms with E-state index in [1.54, 1.807) is 12.1 Å². The molecule has 12 nitrogen and oxygen atoms in total. The minimum Gasteiger partial charge on any atom is -0.387 e. The number of benzene rings is 1. The molecular weight excluding hydrogens is 497 g/mol. The van der Waals surface area contributed by atoms with Crippen LogP contribution in [-0.4, -0.2) is 84.8 Å². The normalized spacial score (nSPS) is 19.4. The molecule has 0 saturated carbocycles. The highest BCUT2D eigenvalue weighted by Crippen LogP contribution is 2.35. The molecule has 4 rings (SSSR count). The molecule has 202 valence electrons. The maximum absolute atomic E-state index is 14.6. The first-order valence-electron chi connectivity index (χ1n) is 12.0. The fraction of sp³-hybridized carbons (Fsp3) is 0.400. The zero-order valence-corrected chi connectivity index (χ0v) is 21.1. The summed E-state index contributed by atoms with van der Waals surface area (Å²) in [5.74, 6) is -1.64. The summed E-state index contributed by atoms with van der Waals surface area (Å²) in [6.45, 7) is 4.50. The predicted molar refractivity (Wildman–Crippen MR) is 139 cm³/mol. The molecule has 6 N–H and O–H groups in total. The monoisotopic (exact) mass is 527 g/mol. The van der Waals surface area contributed by atoms with Gasteiger partial charge in [0, 0.05) is 43.8 Å². The number of halogens is 1. The van der Waals surface area contributed by atoms with E-state index in [9.17, 15) is 23.9 Å². The van der Waals surface area contributed by atoms with Crippen molar-refractivity contribution in [3.63, 3.8) is 0 Å². The summed E-state index contributed by atoms with van der Waals surface area (Å²) in [6.07, 6.45) is 1.68. The number of morpholine rings is 1. The van der Waals surface area contributed by atoms with E-state index in [0.717, 1.165) is 6.21 Å². The summed E-state index contributed by atoms with van der Waals surface area (Å²) in [4.78, 5) is 45.0. The summed E-state index contributed by atoms with van der Waals surface area (Å²) in [6, 6.07) is 3.34. The number of carbonyl (C=O) groups excluding carboxylic acids is 3. The molecule has 0 unspecified atom stereocenters. The highest BCUT2D eigenvalue weighted by molar-refractivity contribution is 6.19. The summed E-state index contributed by atoms with van der Waals surface area (Å²) in [5.41, 5.74) is 5.61. The zero-order chi connectivity index (χ0) is 27.6. The van der Waals surface area contributed by atoms with Gasteiger partial charge in [-0.1, -0.05) is 0 Å². The number of fused-ring (bicyclic) bond motifs is 1. The van der Waals surface area contributed by atoms with Crippen molar-refractivity contribution >= 4 is 41.5 Å². The molecule has 0 aliphatic carbocycles. The number of amides is 3. The van der Waals surface area contributed by atoms with Crippen LogP contribution in [0.5, 0.6) is 0 Å². The molecule has 3 aliphatic rings. The van der Waals surface area contributed by atoms with Gasteiger partial charge in [-0.25, -0.2) is 9.38 Å². The summed E-state index contributed by atoms with van der Waals surface area (Å²) in [5, 5.41) is 23.3. The number of hydrogen-bond acceptors (Lipinski definition) is 9. The number of aliphatic imine (C=N–C) groups is 1. The van der Waals surface area contributed by atoms with Crippen LogP contribution in [0.25, 0.3) is 0 Å². The fourth-order valence-corrected chi connectivity index (χ4v) is 4.21. The smallest absolute Gasteiger partial charge is 0.261 e. The Kier molecular flexibility index (Phi) is 7.60. The molecular formula is C25H30FN7O5. The Morgan fingerprint density at radius 1 is 1.37 bits per heavy atom. The van der Waals surface area contributed by atoms with Crippen LogP contribution >= 0.6 is 0 Å². The number of nitrogens with two attached hydrogens (primary N) is 1. The van der Waals surface area contributed by atoms with Crippen molar-refractivity contribution in [1.29, 1.82) is 5.41 Å². The maximum atomic E-state index is 14.6. The van der Waals surface area contributed by atoms with Crippen LogP contribution in [0.1, 0.15) is 29.8 Å². The van der Waals surface area contributed by atoms with Gasteiger partial charge in [-0.15, -0.1) is 0 Å². The third-order valence-electron chi connectivity index (χ3n) is 6.47. The van der Waals surface area contributed by atoms with Gasteiger partial charge in [-0.3, -0.25) is 14.4 Å². The van der Waals surface area contributed by atoms with E-state index in [1.165, 1.54) is 31.2 Å². The molecule has 3 heterocycles. The van der Waals surface area contributed by atoms with Gasteiger partial charge in [0.1, 0.15) is 12.0 Å². The van der Waals surface area contributed by atoms with Gasteiger partial charge in [0.05, 0.1) is 47.9 Å². The first-order chi connectivity index (χ1) is 18.0. The molecule has 1 saturated heterocycles. The number of nitrogens with zero attached hydrogens (tertiary/aromatic N) is 3. The largest absolute Gasteiger partial charge is 0.387 e. The molecule has 1 atom stereocenters. The van der Waals surface area contributed by atoms with E-state index in [1.807, 2.05) is 4.90 Å². The van der Waals surface area contributed by atoms with E-state index in [-0.39, 0.29) is 36.0 Å². The van der Waals surface area contributed by atoms with Crippen LogP contribution in [-0.2, 0) is 20.9 Å². The molecule has 1 fully saturated rings. The molecule has 38 heavy (non-hydrogen) atoms. The molecule has 0 spiro atoms. The van der Waals surface area contributed by atoms with E-state index < -0.39 is 23.6 Å². The van der Waals surface area contributed by atoms with Crippen LogP contribution in [0, 0.1) is 5.41 Å². The first-order valence-corrected chi connectivity index (χ1v) is 12.0. The van der Waals surface area contributed by atoms with Gasteiger partial charge < -0.3 is 41.4 Å². The van der Waals surface area contributed by atoms with Crippen molar-refractivity contribution in [3.8, 4) is 0 Å². The molecule has 0 bridgehead atoms. The number of nitrogens with one attached hydrogen (secondary N) is 3. The standard InChI is InChI=1S/C25H30FN7O5/c1-25(2,37)20(26)13-33-12-14-7-18(19(8-16(14)24(33)36)32-3-5-38-6-4-32)31-23(35)17(9-27)22-29-10-15(11-30-22)21(28)34/h7-11,20,27,29,37H,3-6,12-13H2,1-2H3,(H2,28,34)(H,31,35)/b22-17-,27-9?/t20-/m1/s1. The number of carbonyl (C=O) groups is 3. The first kappa shape index (κ1) is 26.9. The van der Waals surface area contributed by atoms with E-state index in [4.69, 9.17) is 15.9 Å².